The number of aliphatic hydroxyl groups is 1. The van der Waals surface area contributed by atoms with Crippen LogP contribution in [0.15, 0.2) is 24.3 Å². The molecule has 0 heterocycles. The van der Waals surface area contributed by atoms with Crippen LogP contribution in [0.2, 0.25) is 0 Å². The summed E-state index contributed by atoms with van der Waals surface area (Å²) in [6.07, 6.45) is 0.756. The SMILES string of the molecule is CC(=O)C(CCO)Cc1ccccc1F. The van der Waals surface area contributed by atoms with Gasteiger partial charge in [0.05, 0.1) is 0 Å². The predicted octanol–water partition coefficient (Wildman–Crippen LogP) is 1.96. The molecular weight excluding hydrogens is 195 g/mol. The van der Waals surface area contributed by atoms with E-state index in [9.17, 15) is 9.18 Å². The molecule has 2 nitrogen and oxygen atoms in total. The minimum atomic E-state index is -0.290. The number of carbonyl (C=O) groups is 1. The van der Waals surface area contributed by atoms with Crippen LogP contribution in [0.25, 0.3) is 0 Å². The van der Waals surface area contributed by atoms with Crippen LogP contribution < -0.4 is 0 Å². The molecule has 0 aromatic heterocycles. The third kappa shape index (κ3) is 3.44. The fourth-order valence-electron chi connectivity index (χ4n) is 1.53. The van der Waals surface area contributed by atoms with Gasteiger partial charge >= 0.3 is 0 Å². The number of hydrogen-bond donors (Lipinski definition) is 1. The van der Waals surface area contributed by atoms with Gasteiger partial charge in [0.15, 0.2) is 0 Å². The summed E-state index contributed by atoms with van der Waals surface area (Å²) in [5, 5.41) is 8.79. The lowest BCUT2D eigenvalue weighted by Gasteiger charge is -2.12. The predicted molar refractivity (Wildman–Crippen MR) is 56.0 cm³/mol. The number of rotatable bonds is 5. The molecule has 1 rings (SSSR count). The zero-order valence-corrected chi connectivity index (χ0v) is 8.74. The Labute approximate surface area is 88.7 Å². The molecule has 82 valence electrons. The zero-order chi connectivity index (χ0) is 11.3. The number of aliphatic hydroxyl groups excluding tert-OH is 1. The second-order valence-electron chi connectivity index (χ2n) is 3.62. The number of hydrogen-bond acceptors (Lipinski definition) is 2. The van der Waals surface area contributed by atoms with Gasteiger partial charge in [-0.1, -0.05) is 18.2 Å². The smallest absolute Gasteiger partial charge is 0.133 e. The van der Waals surface area contributed by atoms with Crippen molar-refractivity contribution in [2.75, 3.05) is 6.61 Å². The van der Waals surface area contributed by atoms with E-state index < -0.39 is 0 Å². The van der Waals surface area contributed by atoms with Crippen LogP contribution in [0, 0.1) is 11.7 Å². The Morgan fingerprint density at radius 2 is 2.13 bits per heavy atom. The van der Waals surface area contributed by atoms with Gasteiger partial charge in [0.1, 0.15) is 11.6 Å². The Hall–Kier alpha value is -1.22. The first-order chi connectivity index (χ1) is 7.15. The summed E-state index contributed by atoms with van der Waals surface area (Å²) in [5.41, 5.74) is 0.533. The quantitative estimate of drug-likeness (QED) is 0.806. The van der Waals surface area contributed by atoms with Crippen molar-refractivity contribution in [3.05, 3.63) is 35.6 Å². The highest BCUT2D eigenvalue weighted by molar-refractivity contribution is 5.78. The first kappa shape index (κ1) is 11.9. The van der Waals surface area contributed by atoms with Crippen LogP contribution in [0.5, 0.6) is 0 Å². The summed E-state index contributed by atoms with van der Waals surface area (Å²) < 4.78 is 13.3. The highest BCUT2D eigenvalue weighted by atomic mass is 19.1. The van der Waals surface area contributed by atoms with Crippen molar-refractivity contribution in [2.45, 2.75) is 19.8 Å². The molecule has 0 bridgehead atoms. The molecule has 0 saturated carbocycles. The highest BCUT2D eigenvalue weighted by Crippen LogP contribution is 2.15. The lowest BCUT2D eigenvalue weighted by atomic mass is 9.93. The fourth-order valence-corrected chi connectivity index (χ4v) is 1.53. The molecule has 0 amide bonds. The third-order valence-corrected chi connectivity index (χ3v) is 2.48. The van der Waals surface area contributed by atoms with E-state index in [1.54, 1.807) is 18.2 Å². The van der Waals surface area contributed by atoms with E-state index in [4.69, 9.17) is 5.11 Å². The van der Waals surface area contributed by atoms with Crippen molar-refractivity contribution in [1.82, 2.24) is 0 Å². The van der Waals surface area contributed by atoms with E-state index in [1.165, 1.54) is 13.0 Å². The number of halogens is 1. The Bertz CT molecular complexity index is 336. The van der Waals surface area contributed by atoms with Crippen molar-refractivity contribution in [3.8, 4) is 0 Å². The van der Waals surface area contributed by atoms with Gasteiger partial charge in [-0.05, 0) is 31.4 Å². The topological polar surface area (TPSA) is 37.3 Å². The summed E-state index contributed by atoms with van der Waals surface area (Å²) in [7, 11) is 0. The lowest BCUT2D eigenvalue weighted by molar-refractivity contribution is -0.121. The summed E-state index contributed by atoms with van der Waals surface area (Å²) in [6.45, 7) is 1.43. The number of ketones is 1. The number of carbonyl (C=O) groups excluding carboxylic acids is 1. The second kappa shape index (κ2) is 5.61. The summed E-state index contributed by atoms with van der Waals surface area (Å²) in [4.78, 5) is 11.2. The van der Waals surface area contributed by atoms with Gasteiger partial charge in [-0.15, -0.1) is 0 Å². The van der Waals surface area contributed by atoms with Gasteiger partial charge in [-0.25, -0.2) is 4.39 Å². The lowest BCUT2D eigenvalue weighted by Crippen LogP contribution is -2.16. The van der Waals surface area contributed by atoms with Gasteiger partial charge in [-0.3, -0.25) is 4.79 Å². The Balaban J connectivity index is 2.74. The molecule has 1 atom stereocenters. The van der Waals surface area contributed by atoms with Gasteiger partial charge in [0.2, 0.25) is 0 Å². The zero-order valence-electron chi connectivity index (χ0n) is 8.74. The van der Waals surface area contributed by atoms with Crippen molar-refractivity contribution < 1.29 is 14.3 Å². The molecule has 0 fully saturated rings. The van der Waals surface area contributed by atoms with E-state index in [0.717, 1.165) is 0 Å². The van der Waals surface area contributed by atoms with Crippen LogP contribution in [-0.4, -0.2) is 17.5 Å². The maximum Gasteiger partial charge on any atom is 0.133 e. The van der Waals surface area contributed by atoms with E-state index in [2.05, 4.69) is 0 Å². The molecule has 0 aliphatic carbocycles. The fraction of sp³-hybridized carbons (Fsp3) is 0.417. The van der Waals surface area contributed by atoms with Crippen LogP contribution in [0.3, 0.4) is 0 Å². The molecule has 1 aromatic carbocycles. The Morgan fingerprint density at radius 1 is 1.47 bits per heavy atom. The molecular formula is C12H15FO2. The van der Waals surface area contributed by atoms with Crippen molar-refractivity contribution in [3.63, 3.8) is 0 Å². The average Bonchev–Trinajstić information content (AvgIpc) is 2.20. The minimum Gasteiger partial charge on any atom is -0.396 e. The molecule has 1 aromatic rings. The number of Topliss-reactive ketones (excluding diaryl/α,β-unsaturated/α-hetero) is 1. The summed E-state index contributed by atoms with van der Waals surface area (Å²) >= 11 is 0. The van der Waals surface area contributed by atoms with Crippen LogP contribution in [0.4, 0.5) is 4.39 Å². The Morgan fingerprint density at radius 3 is 2.67 bits per heavy atom. The molecule has 1 unspecified atom stereocenters. The van der Waals surface area contributed by atoms with Gasteiger partial charge in [0.25, 0.3) is 0 Å². The molecule has 0 spiro atoms. The monoisotopic (exact) mass is 210 g/mol. The minimum absolute atomic E-state index is 0.00713. The second-order valence-corrected chi connectivity index (χ2v) is 3.62. The summed E-state index contributed by atoms with van der Waals surface area (Å²) in [6, 6.07) is 6.41. The van der Waals surface area contributed by atoms with Crippen LogP contribution in [-0.2, 0) is 11.2 Å². The largest absolute Gasteiger partial charge is 0.396 e. The van der Waals surface area contributed by atoms with E-state index in [-0.39, 0.29) is 24.1 Å². The third-order valence-electron chi connectivity index (χ3n) is 2.48. The van der Waals surface area contributed by atoms with Crippen LogP contribution in [0.1, 0.15) is 18.9 Å². The van der Waals surface area contributed by atoms with Crippen molar-refractivity contribution >= 4 is 5.78 Å². The molecule has 1 N–H and O–H groups in total. The first-order valence-corrected chi connectivity index (χ1v) is 5.00. The molecule has 0 radical (unpaired) electrons. The van der Waals surface area contributed by atoms with Crippen molar-refractivity contribution in [2.24, 2.45) is 5.92 Å². The molecule has 0 aliphatic rings. The van der Waals surface area contributed by atoms with Gasteiger partial charge in [0, 0.05) is 12.5 Å². The van der Waals surface area contributed by atoms with E-state index >= 15 is 0 Å². The van der Waals surface area contributed by atoms with Crippen LogP contribution >= 0.6 is 0 Å². The molecule has 0 aliphatic heterocycles. The van der Waals surface area contributed by atoms with Crippen molar-refractivity contribution in [1.29, 1.82) is 0 Å². The number of benzene rings is 1. The normalized spacial score (nSPS) is 12.5. The Kier molecular flexibility index (Phi) is 4.43. The highest BCUT2D eigenvalue weighted by Gasteiger charge is 2.15. The summed E-state index contributed by atoms with van der Waals surface area (Å²) in [5.74, 6) is -0.583. The van der Waals surface area contributed by atoms with E-state index in [1.807, 2.05) is 0 Å². The first-order valence-electron chi connectivity index (χ1n) is 5.00. The molecule has 0 saturated heterocycles. The van der Waals surface area contributed by atoms with Gasteiger partial charge in [-0.2, -0.15) is 0 Å². The maximum absolute atomic E-state index is 13.3. The molecule has 3 heteroatoms. The molecule has 15 heavy (non-hydrogen) atoms. The standard InChI is InChI=1S/C12H15FO2/c1-9(15)10(6-7-14)8-11-4-2-3-5-12(11)13/h2-5,10,14H,6-8H2,1H3. The maximum atomic E-state index is 13.3. The van der Waals surface area contributed by atoms with Gasteiger partial charge < -0.3 is 5.11 Å². The average molecular weight is 210 g/mol. The van der Waals surface area contributed by atoms with E-state index in [0.29, 0.717) is 18.4 Å².